The van der Waals surface area contributed by atoms with Crippen molar-refractivity contribution in [2.45, 2.75) is 13.1 Å². The van der Waals surface area contributed by atoms with Crippen molar-refractivity contribution in [3.05, 3.63) is 0 Å². The van der Waals surface area contributed by atoms with E-state index in [0.717, 1.165) is 6.92 Å². The second kappa shape index (κ2) is 2.70. The summed E-state index contributed by atoms with van der Waals surface area (Å²) in [4.78, 5) is 9.88. The van der Waals surface area contributed by atoms with Gasteiger partial charge in [0.1, 0.15) is 6.54 Å². The maximum atomic E-state index is 11.2. The highest BCUT2D eigenvalue weighted by atomic mass is 19.4. The van der Waals surface area contributed by atoms with Crippen molar-refractivity contribution in [2.24, 2.45) is 0 Å². The van der Waals surface area contributed by atoms with Crippen LogP contribution in [0, 0.1) is 0 Å². The highest BCUT2D eigenvalue weighted by molar-refractivity contribution is 5.72. The zero-order valence-electron chi connectivity index (χ0n) is 4.75. The molecule has 0 fully saturated rings. The van der Waals surface area contributed by atoms with Gasteiger partial charge in [-0.1, -0.05) is 0 Å². The molecule has 2 nitrogen and oxygen atoms in total. The lowest BCUT2D eigenvalue weighted by molar-refractivity contribution is -0.137. The molecule has 0 aromatic heterocycles. The van der Waals surface area contributed by atoms with Gasteiger partial charge in [0.2, 0.25) is 5.91 Å². The molecule has 0 heterocycles. The van der Waals surface area contributed by atoms with Gasteiger partial charge < -0.3 is 5.32 Å². The lowest BCUT2D eigenvalue weighted by atomic mass is 10.6. The van der Waals surface area contributed by atoms with Crippen molar-refractivity contribution in [1.29, 1.82) is 0 Å². The van der Waals surface area contributed by atoms with E-state index in [9.17, 15) is 18.0 Å². The molecule has 0 rings (SSSR count). The Morgan fingerprint density at radius 3 is 2.22 bits per heavy atom. The summed E-state index contributed by atoms with van der Waals surface area (Å²) in [5.41, 5.74) is 0. The Morgan fingerprint density at radius 2 is 2.11 bits per heavy atom. The summed E-state index contributed by atoms with van der Waals surface area (Å²) in [7, 11) is 0. The molecule has 1 amide bonds. The Balaban J connectivity index is 0. The van der Waals surface area contributed by atoms with Crippen LogP contribution in [0.5, 0.6) is 0 Å². The fraction of sp³-hybridized carbons (Fsp3) is 0.750. The van der Waals surface area contributed by atoms with E-state index < -0.39 is 18.6 Å². The van der Waals surface area contributed by atoms with Crippen LogP contribution >= 0.6 is 0 Å². The monoisotopic (exact) mass is 143 g/mol. The molecule has 0 aliphatic rings. The van der Waals surface area contributed by atoms with Crippen molar-refractivity contribution in [3.8, 4) is 0 Å². The zero-order valence-corrected chi connectivity index (χ0v) is 4.75. The first-order valence-corrected chi connectivity index (χ1v) is 2.23. The van der Waals surface area contributed by atoms with E-state index >= 15 is 0 Å². The molecule has 0 aromatic rings. The smallest absolute Gasteiger partial charge is 0.347 e. The number of rotatable bonds is 1. The Labute approximate surface area is 51.5 Å². The topological polar surface area (TPSA) is 29.1 Å². The maximum Gasteiger partial charge on any atom is 0.405 e. The van der Waals surface area contributed by atoms with Crippen LogP contribution in [0.25, 0.3) is 0 Å². The van der Waals surface area contributed by atoms with Crippen molar-refractivity contribution < 1.29 is 19.4 Å². The average Bonchev–Trinajstić information content (AvgIpc) is 1.59. The predicted octanol–water partition coefficient (Wildman–Crippen LogP) is 0.931. The van der Waals surface area contributed by atoms with Crippen LogP contribution in [0.1, 0.15) is 8.35 Å². The number of halogens is 3. The van der Waals surface area contributed by atoms with E-state index in [1.165, 1.54) is 0 Å². The highest BCUT2D eigenvalue weighted by Gasteiger charge is 2.26. The lowest BCUT2D eigenvalue weighted by Crippen LogP contribution is -2.31. The number of amides is 1. The van der Waals surface area contributed by atoms with Crippen molar-refractivity contribution in [2.75, 3.05) is 6.54 Å². The quantitative estimate of drug-likeness (QED) is 0.581. The predicted molar refractivity (Wildman–Crippen MR) is 26.9 cm³/mol. The van der Waals surface area contributed by atoms with E-state index in [4.69, 9.17) is 0 Å². The molecule has 9 heavy (non-hydrogen) atoms. The van der Waals surface area contributed by atoms with Crippen molar-refractivity contribution in [1.82, 2.24) is 5.32 Å². The van der Waals surface area contributed by atoms with Gasteiger partial charge in [-0.05, 0) is 0 Å². The Hall–Kier alpha value is -0.740. The number of hydrogen-bond donors (Lipinski definition) is 1. The van der Waals surface area contributed by atoms with Crippen LogP contribution < -0.4 is 5.32 Å². The van der Waals surface area contributed by atoms with Crippen LogP contribution in [0.3, 0.4) is 0 Å². The van der Waals surface area contributed by atoms with Gasteiger partial charge in [0.05, 0.1) is 0 Å². The summed E-state index contributed by atoms with van der Waals surface area (Å²) in [6.07, 6.45) is -4.30. The minimum absolute atomic E-state index is 0. The third-order valence-corrected chi connectivity index (χ3v) is 0.538. The van der Waals surface area contributed by atoms with Gasteiger partial charge in [-0.15, -0.1) is 0 Å². The van der Waals surface area contributed by atoms with Crippen molar-refractivity contribution in [3.63, 3.8) is 0 Å². The summed E-state index contributed by atoms with van der Waals surface area (Å²) >= 11 is 0. The van der Waals surface area contributed by atoms with E-state index in [0.29, 0.717) is 0 Å². The third kappa shape index (κ3) is 7.26. The van der Waals surface area contributed by atoms with Crippen LogP contribution in [0.4, 0.5) is 13.2 Å². The minimum atomic E-state index is -4.30. The Morgan fingerprint density at radius 1 is 1.67 bits per heavy atom. The van der Waals surface area contributed by atoms with Crippen LogP contribution in [0.2, 0.25) is 0 Å². The minimum Gasteiger partial charge on any atom is -0.347 e. The maximum absolute atomic E-state index is 11.2. The number of hydrogen-bond acceptors (Lipinski definition) is 1. The van der Waals surface area contributed by atoms with Crippen LogP contribution in [0.15, 0.2) is 0 Å². The van der Waals surface area contributed by atoms with Crippen LogP contribution in [-0.4, -0.2) is 18.6 Å². The SMILES string of the molecule is CC(=O)NCC(F)(F)F.[HH]. The van der Waals surface area contributed by atoms with E-state index in [1.54, 1.807) is 5.32 Å². The average molecular weight is 143 g/mol. The molecule has 0 unspecified atom stereocenters. The Kier molecular flexibility index (Phi) is 2.48. The molecule has 0 saturated carbocycles. The van der Waals surface area contributed by atoms with Crippen molar-refractivity contribution >= 4 is 5.91 Å². The van der Waals surface area contributed by atoms with E-state index in [-0.39, 0.29) is 1.43 Å². The van der Waals surface area contributed by atoms with Gasteiger partial charge >= 0.3 is 6.18 Å². The molecular formula is C4H8F3NO. The second-order valence-electron chi connectivity index (χ2n) is 1.52. The second-order valence-corrected chi connectivity index (χ2v) is 1.52. The first-order chi connectivity index (χ1) is 3.92. The third-order valence-electron chi connectivity index (χ3n) is 0.538. The zero-order chi connectivity index (χ0) is 7.49. The van der Waals surface area contributed by atoms with Crippen LogP contribution in [-0.2, 0) is 4.79 Å². The van der Waals surface area contributed by atoms with Gasteiger partial charge in [-0.25, -0.2) is 0 Å². The van der Waals surface area contributed by atoms with Gasteiger partial charge in [0.15, 0.2) is 0 Å². The molecular weight excluding hydrogens is 135 g/mol. The molecule has 0 aliphatic heterocycles. The molecule has 5 heteroatoms. The highest BCUT2D eigenvalue weighted by Crippen LogP contribution is 2.11. The van der Waals surface area contributed by atoms with Gasteiger partial charge in [-0.3, -0.25) is 4.79 Å². The summed E-state index contributed by atoms with van der Waals surface area (Å²) < 4.78 is 33.6. The molecule has 0 aliphatic carbocycles. The van der Waals surface area contributed by atoms with Gasteiger partial charge in [-0.2, -0.15) is 13.2 Å². The van der Waals surface area contributed by atoms with E-state index in [1.807, 2.05) is 0 Å². The van der Waals surface area contributed by atoms with Gasteiger partial charge in [0.25, 0.3) is 0 Å². The molecule has 0 spiro atoms. The molecule has 1 N–H and O–H groups in total. The summed E-state index contributed by atoms with van der Waals surface area (Å²) in [6, 6.07) is 0. The van der Waals surface area contributed by atoms with Gasteiger partial charge in [0, 0.05) is 8.35 Å². The lowest BCUT2D eigenvalue weighted by Gasteiger charge is -2.04. The largest absolute Gasteiger partial charge is 0.405 e. The Bertz CT molecular complexity index is 114. The summed E-state index contributed by atoms with van der Waals surface area (Å²) in [5, 5.41) is 1.62. The summed E-state index contributed by atoms with van der Waals surface area (Å²) in [5.74, 6) is -0.674. The first kappa shape index (κ1) is 8.26. The fourth-order valence-electron chi connectivity index (χ4n) is 0.225. The molecule has 0 bridgehead atoms. The number of nitrogens with one attached hydrogen (secondary N) is 1. The molecule has 0 radical (unpaired) electrons. The molecule has 0 aromatic carbocycles. The normalized spacial score (nSPS) is 11.1. The number of carbonyl (C=O) groups excluding carboxylic acids is 1. The summed E-state index contributed by atoms with van der Waals surface area (Å²) in [6.45, 7) is -0.214. The standard InChI is InChI=1S/C4H6F3NO.H2/c1-3(9)8-2-4(5,6)7;/h2H2,1H3,(H,8,9);1H. The fourth-order valence-corrected chi connectivity index (χ4v) is 0.225. The first-order valence-electron chi connectivity index (χ1n) is 2.23. The molecule has 0 atom stereocenters. The molecule has 56 valence electrons. The number of alkyl halides is 3. The van der Waals surface area contributed by atoms with E-state index in [2.05, 4.69) is 0 Å². The molecule has 0 saturated heterocycles. The number of carbonyl (C=O) groups is 1.